The molecule has 0 spiro atoms. The largest absolute Gasteiger partial charge is 0.435 e. The van der Waals surface area contributed by atoms with Crippen LogP contribution in [-0.2, 0) is 11.0 Å². The van der Waals surface area contributed by atoms with Crippen LogP contribution in [0.4, 0.5) is 24.5 Å². The minimum Gasteiger partial charge on any atom is -0.397 e. The number of H-pyrrole nitrogens is 1. The number of aromatic nitrogens is 5. The van der Waals surface area contributed by atoms with Gasteiger partial charge in [-0.15, -0.1) is 0 Å². The lowest BCUT2D eigenvalue weighted by atomic mass is 10.1. The Balaban J connectivity index is 1.08. The fraction of sp³-hybridized carbons (Fsp3) is 0.355. The molecule has 2 unspecified atom stereocenters. The van der Waals surface area contributed by atoms with Crippen LogP contribution in [0.15, 0.2) is 48.9 Å². The number of aromatic amines is 1. The van der Waals surface area contributed by atoms with Crippen molar-refractivity contribution in [3.05, 3.63) is 71.0 Å². The Morgan fingerprint density at radius 1 is 1.10 bits per heavy atom. The number of nitrogens with two attached hydrogens (primary N) is 1. The standard InChI is InChI=1S/C31H32ClF3N10O4/c1-45(11-6-20(46)16-45)17-26(47)42-7-9-43(10-8-42)30(49)21-4-3-19(12-23(21)32)39-29(48)28-38-14-24(40-28)22-15-44(41-27(22)31(33,34)35)25-5-2-18(36)13-37-25/h2-5,12-15,20,46H,6-11,16-17,36H2,1H3,(H-,38,39,40,48,49)/p+1. The number of alkyl halides is 3. The lowest BCUT2D eigenvalue weighted by Crippen LogP contribution is -2.55. The molecule has 5 N–H and O–H groups in total. The molecule has 5 heterocycles. The summed E-state index contributed by atoms with van der Waals surface area (Å²) in [5.74, 6) is -1.28. The van der Waals surface area contributed by atoms with Crippen LogP contribution in [0.1, 0.15) is 33.1 Å². The van der Waals surface area contributed by atoms with Crippen LogP contribution in [0, 0.1) is 0 Å². The molecule has 3 amide bonds. The van der Waals surface area contributed by atoms with E-state index < -0.39 is 23.9 Å². The first-order chi connectivity index (χ1) is 23.2. The molecule has 258 valence electrons. The maximum absolute atomic E-state index is 13.9. The molecule has 2 saturated heterocycles. The van der Waals surface area contributed by atoms with E-state index in [1.807, 2.05) is 7.05 Å². The van der Waals surface area contributed by atoms with Crippen LogP contribution < -0.4 is 11.1 Å². The van der Waals surface area contributed by atoms with Gasteiger partial charge in [0.15, 0.2) is 23.9 Å². The lowest BCUT2D eigenvalue weighted by Gasteiger charge is -2.37. The van der Waals surface area contributed by atoms with E-state index in [0.717, 1.165) is 23.6 Å². The van der Waals surface area contributed by atoms with Crippen LogP contribution in [0.2, 0.25) is 5.02 Å². The summed E-state index contributed by atoms with van der Waals surface area (Å²) < 4.78 is 43.1. The molecule has 0 bridgehead atoms. The predicted molar refractivity (Wildman–Crippen MR) is 172 cm³/mol. The summed E-state index contributed by atoms with van der Waals surface area (Å²) in [7, 11) is 1.96. The predicted octanol–water partition coefficient (Wildman–Crippen LogP) is 2.66. The number of piperazine rings is 1. The fourth-order valence-electron chi connectivity index (χ4n) is 6.01. The van der Waals surface area contributed by atoms with Gasteiger partial charge in [-0.1, -0.05) is 11.6 Å². The van der Waals surface area contributed by atoms with Crippen LogP contribution >= 0.6 is 11.6 Å². The molecular formula is C31H33ClF3N10O4+. The molecule has 1 aromatic carbocycles. The molecule has 2 atom stereocenters. The van der Waals surface area contributed by atoms with Crippen molar-refractivity contribution < 1.29 is 37.1 Å². The maximum atomic E-state index is 13.9. The number of nitrogens with one attached hydrogen (secondary N) is 2. The van der Waals surface area contributed by atoms with E-state index in [9.17, 15) is 32.7 Å². The third kappa shape index (κ3) is 7.38. The molecule has 0 saturated carbocycles. The SMILES string of the molecule is C[N+]1(CC(=O)N2CCN(C(=O)c3ccc(NC(=O)c4ncc(-c5cn(-c6ccc(N)cn6)nc5C(F)(F)F)[nH]4)cc3Cl)CC2)CCC(O)C1. The number of benzene rings is 1. The molecule has 4 aromatic rings. The van der Waals surface area contributed by atoms with Crippen molar-refractivity contribution >= 4 is 40.7 Å². The summed E-state index contributed by atoms with van der Waals surface area (Å²) in [5.41, 5.74) is 4.71. The second-order valence-electron chi connectivity index (χ2n) is 12.4. The number of nitrogen functional groups attached to an aromatic ring is 1. The van der Waals surface area contributed by atoms with E-state index in [0.29, 0.717) is 55.9 Å². The Hall–Kier alpha value is -5.00. The highest BCUT2D eigenvalue weighted by Crippen LogP contribution is 2.36. The Kier molecular flexibility index (Phi) is 9.08. The molecule has 3 aromatic heterocycles. The van der Waals surface area contributed by atoms with E-state index in [-0.39, 0.29) is 51.0 Å². The van der Waals surface area contributed by atoms with E-state index in [1.54, 1.807) is 9.80 Å². The van der Waals surface area contributed by atoms with Crippen molar-refractivity contribution in [1.29, 1.82) is 0 Å². The van der Waals surface area contributed by atoms with Crippen molar-refractivity contribution in [3.8, 4) is 17.1 Å². The van der Waals surface area contributed by atoms with Gasteiger partial charge in [0.2, 0.25) is 0 Å². The highest BCUT2D eigenvalue weighted by Gasteiger charge is 2.39. The lowest BCUT2D eigenvalue weighted by molar-refractivity contribution is -0.891. The number of amides is 3. The molecule has 2 fully saturated rings. The number of pyridine rings is 1. The maximum Gasteiger partial charge on any atom is 0.435 e. The number of quaternary nitrogens is 1. The number of hydrogen-bond donors (Lipinski definition) is 4. The van der Waals surface area contributed by atoms with Crippen molar-refractivity contribution in [1.82, 2.24) is 34.5 Å². The third-order valence-corrected chi connectivity index (χ3v) is 8.93. The quantitative estimate of drug-likeness (QED) is 0.213. The number of aliphatic hydroxyl groups excluding tert-OH is 1. The van der Waals surface area contributed by atoms with E-state index in [2.05, 4.69) is 25.4 Å². The van der Waals surface area contributed by atoms with Crippen LogP contribution in [-0.4, -0.2) is 121 Å². The minimum absolute atomic E-state index is 0.0168. The molecule has 14 nitrogen and oxygen atoms in total. The molecule has 49 heavy (non-hydrogen) atoms. The highest BCUT2D eigenvalue weighted by atomic mass is 35.5. The topological polar surface area (TPSA) is 175 Å². The number of halogens is 4. The number of anilines is 2. The molecule has 2 aliphatic rings. The molecule has 0 radical (unpaired) electrons. The smallest absolute Gasteiger partial charge is 0.397 e. The van der Waals surface area contributed by atoms with Gasteiger partial charge >= 0.3 is 6.18 Å². The van der Waals surface area contributed by atoms with Gasteiger partial charge in [0.1, 0.15) is 12.6 Å². The fourth-order valence-corrected chi connectivity index (χ4v) is 6.27. The summed E-state index contributed by atoms with van der Waals surface area (Å²) in [5, 5.41) is 16.2. The zero-order valence-electron chi connectivity index (χ0n) is 26.2. The Morgan fingerprint density at radius 3 is 2.47 bits per heavy atom. The van der Waals surface area contributed by atoms with Gasteiger partial charge in [-0.05, 0) is 30.3 Å². The molecule has 6 rings (SSSR count). The van der Waals surface area contributed by atoms with Crippen molar-refractivity contribution in [2.45, 2.75) is 18.7 Å². The number of aliphatic hydroxyl groups is 1. The second kappa shape index (κ2) is 13.1. The summed E-state index contributed by atoms with van der Waals surface area (Å²) in [6.07, 6.45) is -1.06. The van der Waals surface area contributed by atoms with Gasteiger partial charge in [-0.2, -0.15) is 18.3 Å². The number of likely N-dealkylation sites (tertiary alicyclic amines) is 1. The van der Waals surface area contributed by atoms with E-state index >= 15 is 0 Å². The van der Waals surface area contributed by atoms with Crippen LogP contribution in [0.3, 0.4) is 0 Å². The third-order valence-electron chi connectivity index (χ3n) is 8.62. The van der Waals surface area contributed by atoms with Gasteiger partial charge in [-0.25, -0.2) is 14.6 Å². The summed E-state index contributed by atoms with van der Waals surface area (Å²) in [6.45, 7) is 2.95. The van der Waals surface area contributed by atoms with Gasteiger partial charge in [-0.3, -0.25) is 14.4 Å². The summed E-state index contributed by atoms with van der Waals surface area (Å²) >= 11 is 6.44. The highest BCUT2D eigenvalue weighted by molar-refractivity contribution is 6.34. The monoisotopic (exact) mass is 701 g/mol. The van der Waals surface area contributed by atoms with Gasteiger partial charge in [0.25, 0.3) is 17.7 Å². The van der Waals surface area contributed by atoms with Crippen molar-refractivity contribution in [3.63, 3.8) is 0 Å². The van der Waals surface area contributed by atoms with Crippen LogP contribution in [0.25, 0.3) is 17.1 Å². The Labute approximate surface area is 282 Å². The molecular weight excluding hydrogens is 669 g/mol. The van der Waals surface area contributed by atoms with Gasteiger partial charge < -0.3 is 35.4 Å². The Bertz CT molecular complexity index is 1890. The summed E-state index contributed by atoms with van der Waals surface area (Å²) in [4.78, 5) is 53.0. The number of carbonyl (C=O) groups excluding carboxylic acids is 3. The van der Waals surface area contributed by atoms with Gasteiger partial charge in [0, 0.05) is 44.5 Å². The number of rotatable bonds is 7. The molecule has 2 aliphatic heterocycles. The normalized spacial score (nSPS) is 19.7. The van der Waals surface area contributed by atoms with Crippen LogP contribution in [0.5, 0.6) is 0 Å². The van der Waals surface area contributed by atoms with Gasteiger partial charge in [0.05, 0.1) is 53.5 Å². The van der Waals surface area contributed by atoms with E-state index in [4.69, 9.17) is 17.3 Å². The van der Waals surface area contributed by atoms with E-state index in [1.165, 1.54) is 36.5 Å². The zero-order valence-corrected chi connectivity index (χ0v) is 27.0. The number of hydrogen-bond acceptors (Lipinski definition) is 8. The van der Waals surface area contributed by atoms with Crippen molar-refractivity contribution in [2.75, 3.05) is 63.9 Å². The molecule has 18 heteroatoms. The Morgan fingerprint density at radius 2 is 1.84 bits per heavy atom. The first kappa shape index (κ1) is 33.9. The van der Waals surface area contributed by atoms with Crippen molar-refractivity contribution in [2.24, 2.45) is 0 Å². The minimum atomic E-state index is -4.82. The number of carbonyl (C=O) groups is 3. The summed E-state index contributed by atoms with van der Waals surface area (Å²) in [6, 6.07) is 7.21. The zero-order chi connectivity index (χ0) is 35.1. The number of imidazole rings is 1. The molecule has 0 aliphatic carbocycles. The average Bonchev–Trinajstić information content (AvgIpc) is 3.80. The number of nitrogens with zero attached hydrogens (tertiary/aromatic N) is 7. The first-order valence-corrected chi connectivity index (χ1v) is 15.7. The second-order valence-corrected chi connectivity index (χ2v) is 12.8. The number of likely N-dealkylation sites (N-methyl/N-ethyl adjacent to an activating group) is 1. The average molecular weight is 702 g/mol. The first-order valence-electron chi connectivity index (χ1n) is 15.3.